The lowest BCUT2D eigenvalue weighted by Gasteiger charge is -2.43. The van der Waals surface area contributed by atoms with Gasteiger partial charge in [-0.05, 0) is 29.8 Å². The second-order valence-corrected chi connectivity index (χ2v) is 9.22. The van der Waals surface area contributed by atoms with E-state index in [1.54, 1.807) is 24.1 Å². The van der Waals surface area contributed by atoms with Gasteiger partial charge in [0.25, 0.3) is 0 Å². The summed E-state index contributed by atoms with van der Waals surface area (Å²) in [5.74, 6) is 0.712. The lowest BCUT2D eigenvalue weighted by molar-refractivity contribution is -0.123. The van der Waals surface area contributed by atoms with Crippen LogP contribution in [0.25, 0.3) is 0 Å². The molecule has 0 bridgehead atoms. The number of benzene rings is 2. The van der Waals surface area contributed by atoms with Crippen molar-refractivity contribution in [2.45, 2.75) is 18.6 Å². The Morgan fingerprint density at radius 2 is 1.67 bits per heavy atom. The molecule has 2 fully saturated rings. The van der Waals surface area contributed by atoms with Crippen molar-refractivity contribution in [2.75, 3.05) is 30.1 Å². The van der Waals surface area contributed by atoms with E-state index in [0.717, 1.165) is 5.56 Å². The van der Waals surface area contributed by atoms with Crippen LogP contribution in [0.4, 0.5) is 5.69 Å². The molecule has 2 aromatic carbocycles. The first-order chi connectivity index (χ1) is 13.0. The quantitative estimate of drug-likeness (QED) is 0.800. The summed E-state index contributed by atoms with van der Waals surface area (Å²) in [7, 11) is -1.61. The highest BCUT2D eigenvalue weighted by atomic mass is 32.2. The predicted octanol–water partition coefficient (Wildman–Crippen LogP) is 1.71. The summed E-state index contributed by atoms with van der Waals surface area (Å²) in [6.07, 6.45) is 0. The van der Waals surface area contributed by atoms with Crippen LogP contribution in [-0.2, 0) is 21.2 Å². The molecule has 2 heterocycles. The first-order valence-electron chi connectivity index (χ1n) is 8.91. The van der Waals surface area contributed by atoms with Gasteiger partial charge in [-0.15, -0.1) is 0 Å². The van der Waals surface area contributed by atoms with Crippen LogP contribution in [0.3, 0.4) is 0 Å². The molecule has 1 amide bonds. The Morgan fingerprint density at radius 1 is 1.00 bits per heavy atom. The molecular formula is C20H22N2O4S. The van der Waals surface area contributed by atoms with Crippen molar-refractivity contribution >= 4 is 21.4 Å². The fourth-order valence-corrected chi connectivity index (χ4v) is 6.01. The number of nitrogens with zero attached hydrogens (tertiary/aromatic N) is 2. The first kappa shape index (κ1) is 18.0. The molecule has 2 atom stereocenters. The third kappa shape index (κ3) is 3.57. The van der Waals surface area contributed by atoms with Gasteiger partial charge < -0.3 is 9.64 Å². The summed E-state index contributed by atoms with van der Waals surface area (Å²) >= 11 is 0. The lowest BCUT2D eigenvalue weighted by Crippen LogP contribution is -2.61. The molecule has 0 aliphatic carbocycles. The standard InChI is InChI=1S/C20H22N2O4S/c1-26-17-9-7-16(8-10-17)22-19-14-27(24,25)13-18(19)21(12-20(22)23)11-15-5-3-2-4-6-15/h2-10,18-19H,11-14H2,1H3/t18-,19-/m1/s1. The van der Waals surface area contributed by atoms with Crippen LogP contribution in [-0.4, -0.2) is 56.5 Å². The van der Waals surface area contributed by atoms with Crippen molar-refractivity contribution in [3.8, 4) is 5.75 Å². The SMILES string of the molecule is COc1ccc(N2C(=O)CN(Cc3ccccc3)[C@@H]3CS(=O)(=O)C[C@H]32)cc1. The second-order valence-electron chi connectivity index (χ2n) is 7.06. The summed E-state index contributed by atoms with van der Waals surface area (Å²) in [5.41, 5.74) is 1.79. The molecule has 0 saturated carbocycles. The summed E-state index contributed by atoms with van der Waals surface area (Å²) in [6.45, 7) is 0.775. The summed E-state index contributed by atoms with van der Waals surface area (Å²) in [4.78, 5) is 16.6. The number of carbonyl (C=O) groups is 1. The molecule has 0 N–H and O–H groups in total. The van der Waals surface area contributed by atoms with Crippen LogP contribution in [0.15, 0.2) is 54.6 Å². The van der Waals surface area contributed by atoms with E-state index >= 15 is 0 Å². The van der Waals surface area contributed by atoms with Gasteiger partial charge >= 0.3 is 0 Å². The average Bonchev–Trinajstić information content (AvgIpc) is 2.98. The fourth-order valence-electron chi connectivity index (χ4n) is 4.03. The molecule has 0 radical (unpaired) electrons. The van der Waals surface area contributed by atoms with Gasteiger partial charge in [-0.3, -0.25) is 9.69 Å². The molecule has 2 saturated heterocycles. The van der Waals surface area contributed by atoms with Crippen molar-refractivity contribution in [3.63, 3.8) is 0 Å². The van der Waals surface area contributed by atoms with Crippen molar-refractivity contribution in [1.82, 2.24) is 4.90 Å². The topological polar surface area (TPSA) is 66.9 Å². The Bertz CT molecular complexity index is 928. The van der Waals surface area contributed by atoms with E-state index in [1.165, 1.54) is 0 Å². The molecule has 7 heteroatoms. The van der Waals surface area contributed by atoms with Crippen molar-refractivity contribution in [2.24, 2.45) is 0 Å². The van der Waals surface area contributed by atoms with Crippen LogP contribution in [0, 0.1) is 0 Å². The van der Waals surface area contributed by atoms with Gasteiger partial charge in [-0.1, -0.05) is 30.3 Å². The Kier molecular flexibility index (Phi) is 4.65. The minimum Gasteiger partial charge on any atom is -0.497 e. The van der Waals surface area contributed by atoms with E-state index < -0.39 is 9.84 Å². The number of carbonyl (C=O) groups excluding carboxylic acids is 1. The van der Waals surface area contributed by atoms with Crippen LogP contribution in [0.2, 0.25) is 0 Å². The normalized spacial score (nSPS) is 24.6. The van der Waals surface area contributed by atoms with E-state index in [9.17, 15) is 13.2 Å². The zero-order valence-electron chi connectivity index (χ0n) is 15.1. The molecule has 0 unspecified atom stereocenters. The summed E-state index contributed by atoms with van der Waals surface area (Å²) in [6, 6.07) is 16.5. The number of amides is 1. The molecule has 2 aliphatic heterocycles. The van der Waals surface area contributed by atoms with Gasteiger partial charge in [0.15, 0.2) is 9.84 Å². The highest BCUT2D eigenvalue weighted by Crippen LogP contribution is 2.33. The van der Waals surface area contributed by atoms with E-state index in [1.807, 2.05) is 47.4 Å². The number of anilines is 1. The van der Waals surface area contributed by atoms with Gasteiger partial charge in [0.2, 0.25) is 5.91 Å². The number of rotatable bonds is 4. The lowest BCUT2D eigenvalue weighted by atomic mass is 10.0. The summed E-state index contributed by atoms with van der Waals surface area (Å²) in [5, 5.41) is 0. The third-order valence-electron chi connectivity index (χ3n) is 5.28. The molecule has 6 nitrogen and oxygen atoms in total. The molecule has 0 aromatic heterocycles. The van der Waals surface area contributed by atoms with E-state index in [4.69, 9.17) is 4.74 Å². The number of hydrogen-bond donors (Lipinski definition) is 0. The van der Waals surface area contributed by atoms with E-state index in [2.05, 4.69) is 0 Å². The minimum absolute atomic E-state index is 0.000720. The fraction of sp³-hybridized carbons (Fsp3) is 0.350. The number of methoxy groups -OCH3 is 1. The van der Waals surface area contributed by atoms with Crippen LogP contribution in [0.1, 0.15) is 5.56 Å². The molecule has 0 spiro atoms. The molecule has 2 aromatic rings. The zero-order valence-corrected chi connectivity index (χ0v) is 15.9. The highest BCUT2D eigenvalue weighted by molar-refractivity contribution is 7.91. The van der Waals surface area contributed by atoms with Crippen molar-refractivity contribution in [3.05, 3.63) is 60.2 Å². The predicted molar refractivity (Wildman–Crippen MR) is 104 cm³/mol. The van der Waals surface area contributed by atoms with E-state index in [0.29, 0.717) is 18.0 Å². The molecule has 4 rings (SSSR count). The molecule has 142 valence electrons. The number of hydrogen-bond acceptors (Lipinski definition) is 5. The Morgan fingerprint density at radius 3 is 2.33 bits per heavy atom. The average molecular weight is 386 g/mol. The second kappa shape index (κ2) is 6.98. The maximum atomic E-state index is 13.0. The number of piperazine rings is 1. The van der Waals surface area contributed by atoms with Gasteiger partial charge in [0.05, 0.1) is 31.2 Å². The molecular weight excluding hydrogens is 364 g/mol. The smallest absolute Gasteiger partial charge is 0.241 e. The van der Waals surface area contributed by atoms with Crippen molar-refractivity contribution in [1.29, 1.82) is 0 Å². The number of ether oxygens (including phenoxy) is 1. The zero-order chi connectivity index (χ0) is 19.0. The first-order valence-corrected chi connectivity index (χ1v) is 10.7. The Balaban J connectivity index is 1.65. The number of sulfone groups is 1. The van der Waals surface area contributed by atoms with Gasteiger partial charge in [-0.2, -0.15) is 0 Å². The van der Waals surface area contributed by atoms with Crippen LogP contribution >= 0.6 is 0 Å². The summed E-state index contributed by atoms with van der Waals surface area (Å²) < 4.78 is 30.0. The molecule has 27 heavy (non-hydrogen) atoms. The number of fused-ring (bicyclic) bond motifs is 1. The van der Waals surface area contributed by atoms with E-state index in [-0.39, 0.29) is 36.0 Å². The maximum Gasteiger partial charge on any atom is 0.241 e. The monoisotopic (exact) mass is 386 g/mol. The minimum atomic E-state index is -3.19. The highest BCUT2D eigenvalue weighted by Gasteiger charge is 2.49. The molecule has 2 aliphatic rings. The van der Waals surface area contributed by atoms with Gasteiger partial charge in [0.1, 0.15) is 5.75 Å². The van der Waals surface area contributed by atoms with Gasteiger partial charge in [0, 0.05) is 18.3 Å². The largest absolute Gasteiger partial charge is 0.497 e. The van der Waals surface area contributed by atoms with Crippen LogP contribution in [0.5, 0.6) is 5.75 Å². The third-order valence-corrected chi connectivity index (χ3v) is 6.98. The Labute approximate surface area is 159 Å². The van der Waals surface area contributed by atoms with Crippen molar-refractivity contribution < 1.29 is 17.9 Å². The Hall–Kier alpha value is -2.38. The van der Waals surface area contributed by atoms with Crippen LogP contribution < -0.4 is 9.64 Å². The van der Waals surface area contributed by atoms with Gasteiger partial charge in [-0.25, -0.2) is 8.42 Å². The maximum absolute atomic E-state index is 13.0.